The molecule has 6 nitrogen and oxygen atoms in total. The Balaban J connectivity index is 2.11. The number of hydrogen-bond acceptors (Lipinski definition) is 3. The minimum Gasteiger partial charge on any atom is -0.366 e. The zero-order valence-corrected chi connectivity index (χ0v) is 14.9. The van der Waals surface area contributed by atoms with E-state index in [1.807, 2.05) is 19.9 Å². The second kappa shape index (κ2) is 8.80. The number of primary amides is 1. The van der Waals surface area contributed by atoms with Crippen LogP contribution >= 0.6 is 0 Å². The van der Waals surface area contributed by atoms with E-state index in [0.717, 1.165) is 6.42 Å². The highest BCUT2D eigenvalue weighted by molar-refractivity contribution is 6.01. The summed E-state index contributed by atoms with van der Waals surface area (Å²) in [5, 5.41) is 5.58. The summed E-state index contributed by atoms with van der Waals surface area (Å²) in [6.45, 7) is 3.87. The third-order valence-electron chi connectivity index (χ3n) is 4.25. The lowest BCUT2D eigenvalue weighted by Gasteiger charge is -2.23. The number of nitrogens with two attached hydrogens (primary N) is 1. The molecule has 4 N–H and O–H groups in total. The fourth-order valence-electron chi connectivity index (χ4n) is 2.45. The van der Waals surface area contributed by atoms with Gasteiger partial charge in [-0.25, -0.2) is 0 Å². The van der Waals surface area contributed by atoms with E-state index in [-0.39, 0.29) is 17.7 Å². The molecule has 0 aliphatic carbocycles. The number of amides is 3. The number of benzene rings is 2. The summed E-state index contributed by atoms with van der Waals surface area (Å²) in [6, 6.07) is 14.4. The molecule has 0 bridgehead atoms. The molecular weight excluding hydrogens is 330 g/mol. The maximum atomic E-state index is 12.7. The van der Waals surface area contributed by atoms with Gasteiger partial charge in [-0.15, -0.1) is 0 Å². The van der Waals surface area contributed by atoms with Crippen molar-refractivity contribution in [1.29, 1.82) is 0 Å². The molecule has 0 heterocycles. The van der Waals surface area contributed by atoms with Crippen LogP contribution in [0.4, 0.5) is 5.69 Å². The number of anilines is 1. The van der Waals surface area contributed by atoms with Crippen molar-refractivity contribution in [2.75, 3.05) is 5.32 Å². The van der Waals surface area contributed by atoms with Gasteiger partial charge in [0.2, 0.25) is 11.8 Å². The molecule has 2 aromatic rings. The van der Waals surface area contributed by atoms with Crippen LogP contribution in [0.3, 0.4) is 0 Å². The van der Waals surface area contributed by atoms with Crippen molar-refractivity contribution in [2.24, 2.45) is 11.7 Å². The van der Waals surface area contributed by atoms with Crippen molar-refractivity contribution in [2.45, 2.75) is 26.3 Å². The van der Waals surface area contributed by atoms with Gasteiger partial charge >= 0.3 is 0 Å². The third kappa shape index (κ3) is 4.92. The zero-order valence-electron chi connectivity index (χ0n) is 14.9. The van der Waals surface area contributed by atoms with Gasteiger partial charge in [-0.3, -0.25) is 14.4 Å². The second-order valence-corrected chi connectivity index (χ2v) is 6.13. The monoisotopic (exact) mass is 353 g/mol. The lowest BCUT2D eigenvalue weighted by molar-refractivity contribution is -0.119. The maximum absolute atomic E-state index is 12.7. The molecule has 26 heavy (non-hydrogen) atoms. The van der Waals surface area contributed by atoms with Crippen LogP contribution in [0.25, 0.3) is 0 Å². The Morgan fingerprint density at radius 1 is 0.962 bits per heavy atom. The molecule has 0 saturated heterocycles. The van der Waals surface area contributed by atoms with Crippen LogP contribution in [0.15, 0.2) is 54.6 Å². The van der Waals surface area contributed by atoms with Crippen molar-refractivity contribution in [1.82, 2.24) is 5.32 Å². The molecule has 3 amide bonds. The maximum Gasteiger partial charge on any atom is 0.251 e. The van der Waals surface area contributed by atoms with Crippen LogP contribution < -0.4 is 16.4 Å². The molecule has 136 valence electrons. The molecule has 0 spiro atoms. The van der Waals surface area contributed by atoms with Crippen molar-refractivity contribution in [3.63, 3.8) is 0 Å². The van der Waals surface area contributed by atoms with Crippen LogP contribution in [0.2, 0.25) is 0 Å². The van der Waals surface area contributed by atoms with Crippen LogP contribution in [-0.2, 0) is 4.79 Å². The number of hydrogen-bond donors (Lipinski definition) is 3. The Morgan fingerprint density at radius 3 is 2.12 bits per heavy atom. The minimum atomic E-state index is -0.677. The summed E-state index contributed by atoms with van der Waals surface area (Å²) in [5.41, 5.74) is 6.60. The van der Waals surface area contributed by atoms with Crippen LogP contribution in [0.5, 0.6) is 0 Å². The van der Waals surface area contributed by atoms with Crippen molar-refractivity contribution in [3.05, 3.63) is 65.7 Å². The molecule has 0 aliphatic rings. The van der Waals surface area contributed by atoms with Gasteiger partial charge in [-0.05, 0) is 42.3 Å². The summed E-state index contributed by atoms with van der Waals surface area (Å²) < 4.78 is 0. The first kappa shape index (κ1) is 19.2. The first-order valence-electron chi connectivity index (χ1n) is 8.49. The predicted octanol–water partition coefficient (Wildman–Crippen LogP) is 2.57. The molecular formula is C20H23N3O3. The van der Waals surface area contributed by atoms with E-state index in [1.54, 1.807) is 48.5 Å². The Morgan fingerprint density at radius 2 is 1.58 bits per heavy atom. The summed E-state index contributed by atoms with van der Waals surface area (Å²) in [5.74, 6) is -1.19. The normalized spacial score (nSPS) is 12.7. The topological polar surface area (TPSA) is 101 Å². The Hall–Kier alpha value is -3.15. The van der Waals surface area contributed by atoms with Crippen LogP contribution in [0, 0.1) is 5.92 Å². The first-order chi connectivity index (χ1) is 12.4. The van der Waals surface area contributed by atoms with Gasteiger partial charge in [-0.2, -0.15) is 0 Å². The Bertz CT molecular complexity index is 773. The first-order valence-corrected chi connectivity index (χ1v) is 8.49. The Labute approximate surface area is 152 Å². The van der Waals surface area contributed by atoms with E-state index in [9.17, 15) is 14.4 Å². The highest BCUT2D eigenvalue weighted by Gasteiger charge is 2.26. The van der Waals surface area contributed by atoms with Gasteiger partial charge < -0.3 is 16.4 Å². The Kier molecular flexibility index (Phi) is 6.49. The smallest absolute Gasteiger partial charge is 0.251 e. The molecule has 0 aromatic heterocycles. The van der Waals surface area contributed by atoms with E-state index in [0.29, 0.717) is 16.8 Å². The van der Waals surface area contributed by atoms with Crippen molar-refractivity contribution >= 4 is 23.4 Å². The van der Waals surface area contributed by atoms with E-state index in [2.05, 4.69) is 10.6 Å². The highest BCUT2D eigenvalue weighted by Crippen LogP contribution is 2.14. The zero-order chi connectivity index (χ0) is 19.1. The average Bonchev–Trinajstić information content (AvgIpc) is 2.66. The molecule has 0 saturated carbocycles. The largest absolute Gasteiger partial charge is 0.366 e. The highest BCUT2D eigenvalue weighted by atomic mass is 16.2. The quantitative estimate of drug-likeness (QED) is 0.713. The molecule has 2 rings (SSSR count). The summed E-state index contributed by atoms with van der Waals surface area (Å²) in [6.07, 6.45) is 0.730. The molecule has 0 radical (unpaired) electrons. The lowest BCUT2D eigenvalue weighted by Crippen LogP contribution is -2.47. The number of carbonyl (C=O) groups excluding carboxylic acids is 3. The predicted molar refractivity (Wildman–Crippen MR) is 101 cm³/mol. The molecule has 2 atom stereocenters. The van der Waals surface area contributed by atoms with Gasteiger partial charge in [0, 0.05) is 16.8 Å². The van der Waals surface area contributed by atoms with Crippen molar-refractivity contribution < 1.29 is 14.4 Å². The van der Waals surface area contributed by atoms with Gasteiger partial charge in [0.25, 0.3) is 5.91 Å². The van der Waals surface area contributed by atoms with Gasteiger partial charge in [0.15, 0.2) is 0 Å². The molecule has 0 fully saturated rings. The summed E-state index contributed by atoms with van der Waals surface area (Å²) in [4.78, 5) is 36.2. The molecule has 2 aromatic carbocycles. The van der Waals surface area contributed by atoms with Crippen LogP contribution in [0.1, 0.15) is 41.0 Å². The number of rotatable bonds is 7. The molecule has 6 heteroatoms. The summed E-state index contributed by atoms with van der Waals surface area (Å²) >= 11 is 0. The van der Waals surface area contributed by atoms with Gasteiger partial charge in [-0.1, -0.05) is 38.5 Å². The number of carbonyl (C=O) groups is 3. The van der Waals surface area contributed by atoms with Gasteiger partial charge in [0.05, 0.1) is 0 Å². The van der Waals surface area contributed by atoms with Crippen molar-refractivity contribution in [3.8, 4) is 0 Å². The summed E-state index contributed by atoms with van der Waals surface area (Å²) in [7, 11) is 0. The fraction of sp³-hybridized carbons (Fsp3) is 0.250. The second-order valence-electron chi connectivity index (χ2n) is 6.13. The fourth-order valence-corrected chi connectivity index (χ4v) is 2.45. The SMILES string of the molecule is CCC(C)C(NC(=O)c1ccccc1)C(=O)Nc1ccc(C(N)=O)cc1. The van der Waals surface area contributed by atoms with E-state index >= 15 is 0 Å². The molecule has 2 unspecified atom stereocenters. The van der Waals surface area contributed by atoms with Crippen LogP contribution in [-0.4, -0.2) is 23.8 Å². The lowest BCUT2D eigenvalue weighted by atomic mass is 9.97. The average molecular weight is 353 g/mol. The third-order valence-corrected chi connectivity index (χ3v) is 4.25. The van der Waals surface area contributed by atoms with Gasteiger partial charge in [0.1, 0.15) is 6.04 Å². The standard InChI is InChI=1S/C20H23N3O3/c1-3-13(2)17(23-19(25)15-7-5-4-6-8-15)20(26)22-16-11-9-14(10-12-16)18(21)24/h4-13,17H,3H2,1-2H3,(H2,21,24)(H,22,26)(H,23,25). The number of nitrogens with one attached hydrogen (secondary N) is 2. The van der Waals surface area contributed by atoms with E-state index in [4.69, 9.17) is 5.73 Å². The van der Waals surface area contributed by atoms with E-state index in [1.165, 1.54) is 0 Å². The molecule has 0 aliphatic heterocycles. The van der Waals surface area contributed by atoms with E-state index < -0.39 is 11.9 Å². The minimum absolute atomic E-state index is 0.0486.